The van der Waals surface area contributed by atoms with Crippen LogP contribution in [0.4, 0.5) is 0 Å². The molecule has 104 valence electrons. The van der Waals surface area contributed by atoms with E-state index in [-0.39, 0.29) is 16.9 Å². The van der Waals surface area contributed by atoms with Gasteiger partial charge in [0.25, 0.3) is 5.56 Å². The molecule has 2 rings (SSSR count). The molecule has 0 fully saturated rings. The molecule has 3 N–H and O–H groups in total. The van der Waals surface area contributed by atoms with Gasteiger partial charge in [0.2, 0.25) is 5.91 Å². The highest BCUT2D eigenvalue weighted by Gasteiger charge is 2.09. The summed E-state index contributed by atoms with van der Waals surface area (Å²) in [6.45, 7) is -0.100. The number of nitrogens with two attached hydrogens (primary N) is 1. The lowest BCUT2D eigenvalue weighted by molar-refractivity contribution is -0.118. The molecule has 1 heterocycles. The molecule has 0 spiro atoms. The van der Waals surface area contributed by atoms with Crippen molar-refractivity contribution < 1.29 is 9.53 Å². The summed E-state index contributed by atoms with van der Waals surface area (Å²) in [4.78, 5) is 25.2. The monoisotopic (exact) mass is 291 g/mol. The lowest BCUT2D eigenvalue weighted by Crippen LogP contribution is -2.23. The third-order valence-corrected chi connectivity index (χ3v) is 3.06. The zero-order valence-electron chi connectivity index (χ0n) is 10.8. The molecule has 0 saturated carbocycles. The normalized spacial score (nSPS) is 10.2. The predicted molar refractivity (Wildman–Crippen MR) is 77.1 cm³/mol. The van der Waals surface area contributed by atoms with E-state index in [9.17, 15) is 9.59 Å². The largest absolute Gasteiger partial charge is 0.497 e. The van der Waals surface area contributed by atoms with Crippen molar-refractivity contribution in [1.82, 2.24) is 9.55 Å². The van der Waals surface area contributed by atoms with E-state index in [1.807, 2.05) is 0 Å². The quantitative estimate of drug-likeness (QED) is 0.824. The Bertz CT molecular complexity index is 747. The van der Waals surface area contributed by atoms with Gasteiger partial charge in [-0.05, 0) is 42.0 Å². The van der Waals surface area contributed by atoms with E-state index >= 15 is 0 Å². The number of carbonyl (C=O) groups excluding carboxylic acids is 1. The van der Waals surface area contributed by atoms with Gasteiger partial charge in [0.15, 0.2) is 4.77 Å². The molecule has 6 nitrogen and oxygen atoms in total. The molecule has 0 saturated heterocycles. The van der Waals surface area contributed by atoms with Crippen molar-refractivity contribution in [2.75, 3.05) is 7.11 Å². The molecular weight excluding hydrogens is 278 g/mol. The molecule has 20 heavy (non-hydrogen) atoms. The lowest BCUT2D eigenvalue weighted by Gasteiger charge is -2.12. The predicted octanol–water partition coefficient (Wildman–Crippen LogP) is 1.07. The Morgan fingerprint density at radius 3 is 2.60 bits per heavy atom. The van der Waals surface area contributed by atoms with Crippen LogP contribution in [0, 0.1) is 4.77 Å². The third kappa shape index (κ3) is 2.94. The van der Waals surface area contributed by atoms with E-state index in [1.54, 1.807) is 31.4 Å². The number of nitrogens with zero attached hydrogens (tertiary/aromatic N) is 1. The first-order valence-electron chi connectivity index (χ1n) is 5.78. The molecule has 0 bridgehead atoms. The SMILES string of the molecule is COc1ccc(-c2cc(=O)[nH]c(=S)n2CC(N)=O)cc1. The Morgan fingerprint density at radius 1 is 1.40 bits per heavy atom. The molecule has 0 aliphatic carbocycles. The smallest absolute Gasteiger partial charge is 0.252 e. The number of amides is 1. The first-order valence-corrected chi connectivity index (χ1v) is 6.19. The number of rotatable bonds is 4. The third-order valence-electron chi connectivity index (χ3n) is 2.73. The van der Waals surface area contributed by atoms with E-state index in [2.05, 4.69) is 4.98 Å². The standard InChI is InChI=1S/C13H13N3O3S/c1-19-9-4-2-8(3-5-9)10-6-12(18)15-13(20)16(10)7-11(14)17/h2-6H,7H2,1H3,(H2,14,17)(H,15,18,20). The Labute approximate surface area is 119 Å². The van der Waals surface area contributed by atoms with E-state index in [0.29, 0.717) is 11.4 Å². The summed E-state index contributed by atoms with van der Waals surface area (Å²) in [5.74, 6) is 0.154. The summed E-state index contributed by atoms with van der Waals surface area (Å²) >= 11 is 5.07. The highest BCUT2D eigenvalue weighted by molar-refractivity contribution is 7.71. The van der Waals surface area contributed by atoms with Gasteiger partial charge >= 0.3 is 0 Å². The molecule has 1 amide bonds. The van der Waals surface area contributed by atoms with Gasteiger partial charge in [-0.1, -0.05) is 0 Å². The van der Waals surface area contributed by atoms with E-state index in [0.717, 1.165) is 5.56 Å². The average Bonchev–Trinajstić information content (AvgIpc) is 2.41. The second kappa shape index (κ2) is 5.70. The minimum Gasteiger partial charge on any atom is -0.497 e. The van der Waals surface area contributed by atoms with Gasteiger partial charge in [-0.25, -0.2) is 0 Å². The molecule has 0 atom stereocenters. The number of carbonyl (C=O) groups is 1. The van der Waals surface area contributed by atoms with Crippen LogP contribution in [0.2, 0.25) is 0 Å². The van der Waals surface area contributed by atoms with Crippen LogP contribution >= 0.6 is 12.2 Å². The second-order valence-corrected chi connectivity index (χ2v) is 4.49. The number of hydrogen-bond acceptors (Lipinski definition) is 4. The van der Waals surface area contributed by atoms with Gasteiger partial charge in [0, 0.05) is 6.07 Å². The maximum absolute atomic E-state index is 11.6. The molecule has 0 unspecified atom stereocenters. The number of H-pyrrole nitrogens is 1. The fraction of sp³-hybridized carbons (Fsp3) is 0.154. The summed E-state index contributed by atoms with van der Waals surface area (Å²) in [5.41, 5.74) is 6.14. The van der Waals surface area contributed by atoms with Crippen LogP contribution < -0.4 is 16.0 Å². The fourth-order valence-electron chi connectivity index (χ4n) is 1.83. The number of primary amides is 1. The molecular formula is C13H13N3O3S. The zero-order valence-corrected chi connectivity index (χ0v) is 11.6. The molecule has 0 aliphatic rings. The van der Waals surface area contributed by atoms with Gasteiger partial charge in [-0.15, -0.1) is 0 Å². The van der Waals surface area contributed by atoms with E-state index < -0.39 is 5.91 Å². The van der Waals surface area contributed by atoms with Gasteiger partial charge in [-0.2, -0.15) is 0 Å². The summed E-state index contributed by atoms with van der Waals surface area (Å²) in [6.07, 6.45) is 0. The number of aromatic amines is 1. The van der Waals surface area contributed by atoms with Crippen molar-refractivity contribution in [3.8, 4) is 17.0 Å². The maximum atomic E-state index is 11.6. The van der Waals surface area contributed by atoms with Crippen molar-refractivity contribution >= 4 is 18.1 Å². The van der Waals surface area contributed by atoms with Crippen molar-refractivity contribution in [1.29, 1.82) is 0 Å². The van der Waals surface area contributed by atoms with Crippen molar-refractivity contribution in [3.63, 3.8) is 0 Å². The summed E-state index contributed by atoms with van der Waals surface area (Å²) in [6, 6.07) is 8.45. The van der Waals surface area contributed by atoms with Crippen LogP contribution in [0.1, 0.15) is 0 Å². The summed E-state index contributed by atoms with van der Waals surface area (Å²) < 4.78 is 6.72. The number of methoxy groups -OCH3 is 1. The van der Waals surface area contributed by atoms with E-state index in [4.69, 9.17) is 22.7 Å². The molecule has 1 aromatic carbocycles. The van der Waals surface area contributed by atoms with Crippen LogP contribution in [0.15, 0.2) is 35.1 Å². The van der Waals surface area contributed by atoms with Gasteiger partial charge in [0.05, 0.1) is 12.8 Å². The average molecular weight is 291 g/mol. The minimum absolute atomic E-state index is 0.100. The Hall–Kier alpha value is -2.41. The van der Waals surface area contributed by atoms with Crippen LogP contribution in [-0.4, -0.2) is 22.6 Å². The van der Waals surface area contributed by atoms with E-state index in [1.165, 1.54) is 10.6 Å². The molecule has 7 heteroatoms. The number of hydrogen-bond donors (Lipinski definition) is 2. The first-order chi connectivity index (χ1) is 9.51. The molecule has 1 aromatic heterocycles. The maximum Gasteiger partial charge on any atom is 0.252 e. The molecule has 0 radical (unpaired) electrons. The summed E-state index contributed by atoms with van der Waals surface area (Å²) in [7, 11) is 1.57. The Balaban J connectivity index is 2.61. The zero-order chi connectivity index (χ0) is 14.7. The lowest BCUT2D eigenvalue weighted by atomic mass is 10.1. The number of aromatic nitrogens is 2. The van der Waals surface area contributed by atoms with Crippen molar-refractivity contribution in [3.05, 3.63) is 45.5 Å². The number of nitrogens with one attached hydrogen (secondary N) is 1. The van der Waals surface area contributed by atoms with Gasteiger partial charge in [0.1, 0.15) is 12.3 Å². The highest BCUT2D eigenvalue weighted by Crippen LogP contribution is 2.21. The highest BCUT2D eigenvalue weighted by atomic mass is 32.1. The van der Waals surface area contributed by atoms with Crippen LogP contribution in [0.3, 0.4) is 0 Å². The molecule has 2 aromatic rings. The summed E-state index contributed by atoms with van der Waals surface area (Å²) in [5, 5.41) is 0. The Kier molecular flexibility index (Phi) is 3.99. The number of benzene rings is 1. The second-order valence-electron chi connectivity index (χ2n) is 4.10. The van der Waals surface area contributed by atoms with Gasteiger partial charge < -0.3 is 15.0 Å². The van der Waals surface area contributed by atoms with Crippen LogP contribution in [-0.2, 0) is 11.3 Å². The minimum atomic E-state index is -0.539. The van der Waals surface area contributed by atoms with Crippen molar-refractivity contribution in [2.24, 2.45) is 5.73 Å². The molecule has 0 aliphatic heterocycles. The topological polar surface area (TPSA) is 90.1 Å². The first kappa shape index (κ1) is 14.0. The van der Waals surface area contributed by atoms with Crippen LogP contribution in [0.25, 0.3) is 11.3 Å². The Morgan fingerprint density at radius 2 is 2.05 bits per heavy atom. The van der Waals surface area contributed by atoms with Crippen LogP contribution in [0.5, 0.6) is 5.75 Å². The van der Waals surface area contributed by atoms with Gasteiger partial charge in [-0.3, -0.25) is 14.6 Å². The number of ether oxygens (including phenoxy) is 1. The fourth-order valence-corrected chi connectivity index (χ4v) is 2.10. The van der Waals surface area contributed by atoms with Crippen molar-refractivity contribution in [2.45, 2.75) is 6.54 Å².